The van der Waals surface area contributed by atoms with Gasteiger partial charge >= 0.3 is 6.18 Å². The number of nitrogens with one attached hydrogen (secondary N) is 1. The topological polar surface area (TPSA) is 86.8 Å². The van der Waals surface area contributed by atoms with Gasteiger partial charge in [0.05, 0.1) is 22.5 Å². The van der Waals surface area contributed by atoms with Crippen LogP contribution in [0.25, 0.3) is 0 Å². The van der Waals surface area contributed by atoms with Crippen molar-refractivity contribution in [3.05, 3.63) is 98.5 Å². The Bertz CT molecular complexity index is 1640. The number of sulfonamides is 1. The average molecular weight is 705 g/mol. The van der Waals surface area contributed by atoms with Crippen LogP contribution in [-0.4, -0.2) is 50.0 Å². The molecule has 3 aromatic rings. The molecular weight excluding hydrogens is 674 g/mol. The van der Waals surface area contributed by atoms with Crippen molar-refractivity contribution in [3.8, 4) is 0 Å². The largest absolute Gasteiger partial charge is 0.416 e. The first-order valence-electron chi connectivity index (χ1n) is 14.1. The minimum absolute atomic E-state index is 0.0690. The molecule has 0 bridgehead atoms. The Kier molecular flexibility index (Phi) is 11.3. The van der Waals surface area contributed by atoms with Crippen molar-refractivity contribution in [1.29, 1.82) is 0 Å². The number of benzene rings is 3. The number of hydrogen-bond donors (Lipinski definition) is 1. The van der Waals surface area contributed by atoms with Crippen molar-refractivity contribution in [2.45, 2.75) is 56.9 Å². The molecule has 45 heavy (non-hydrogen) atoms. The summed E-state index contributed by atoms with van der Waals surface area (Å²) < 4.78 is 67.2. The zero-order valence-corrected chi connectivity index (χ0v) is 27.2. The minimum Gasteiger partial charge on any atom is -0.352 e. The maximum absolute atomic E-state index is 14.2. The first kappa shape index (κ1) is 34.9. The molecule has 1 atom stereocenters. The zero-order chi connectivity index (χ0) is 32.9. The van der Waals surface area contributed by atoms with E-state index in [0.29, 0.717) is 27.0 Å². The molecule has 1 N–H and O–H groups in total. The molecule has 2 amide bonds. The predicted octanol–water partition coefficient (Wildman–Crippen LogP) is 7.13. The third-order valence-electron chi connectivity index (χ3n) is 7.55. The summed E-state index contributed by atoms with van der Waals surface area (Å²) >= 11 is 18.7. The molecule has 7 nitrogen and oxygen atoms in total. The smallest absolute Gasteiger partial charge is 0.352 e. The summed E-state index contributed by atoms with van der Waals surface area (Å²) in [5, 5.41) is 3.26. The van der Waals surface area contributed by atoms with E-state index < -0.39 is 51.9 Å². The zero-order valence-electron chi connectivity index (χ0n) is 24.2. The highest BCUT2D eigenvalue weighted by Crippen LogP contribution is 2.36. The maximum Gasteiger partial charge on any atom is 0.416 e. The molecule has 14 heteroatoms. The van der Waals surface area contributed by atoms with Gasteiger partial charge in [-0.1, -0.05) is 84.0 Å². The van der Waals surface area contributed by atoms with Gasteiger partial charge in [0, 0.05) is 29.1 Å². The number of hydrogen-bond acceptors (Lipinski definition) is 4. The van der Waals surface area contributed by atoms with Crippen LogP contribution in [0.1, 0.15) is 42.4 Å². The number of rotatable bonds is 11. The van der Waals surface area contributed by atoms with Gasteiger partial charge in [-0.3, -0.25) is 13.9 Å². The second kappa shape index (κ2) is 14.6. The Hall–Kier alpha value is -2.99. The lowest BCUT2D eigenvalue weighted by molar-refractivity contribution is -0.140. The van der Waals surface area contributed by atoms with Crippen molar-refractivity contribution in [2.75, 3.05) is 17.1 Å². The summed E-state index contributed by atoms with van der Waals surface area (Å²) in [5.41, 5.74) is -0.526. The third-order valence-corrected chi connectivity index (χ3v) is 9.58. The standard InChI is InChI=1S/C31H31Cl3F3N3O4S/c1-45(43,44)40(27-16-22(31(35,36)37)12-14-25(27)33)19-29(41)39(18-21-11-13-23(32)17-26(21)34)28(15-20-7-3-2-4-8-20)30(42)38-24-9-5-6-10-24/h2-4,7-8,11-14,16-17,24,28H,5-6,9-10,15,18-19H2,1H3,(H,38,42)/t28-/m1/s1. The molecule has 0 saturated heterocycles. The van der Waals surface area contributed by atoms with Crippen molar-refractivity contribution in [3.63, 3.8) is 0 Å². The lowest BCUT2D eigenvalue weighted by Crippen LogP contribution is -2.54. The molecule has 1 fully saturated rings. The summed E-state index contributed by atoms with van der Waals surface area (Å²) in [5.74, 6) is -1.31. The fourth-order valence-electron chi connectivity index (χ4n) is 5.23. The van der Waals surface area contributed by atoms with Gasteiger partial charge in [0.15, 0.2) is 0 Å². The second-order valence-electron chi connectivity index (χ2n) is 10.9. The molecule has 0 aliphatic heterocycles. The minimum atomic E-state index is -4.80. The van der Waals surface area contributed by atoms with Gasteiger partial charge in [0.2, 0.25) is 21.8 Å². The summed E-state index contributed by atoms with van der Waals surface area (Å²) in [6.45, 7) is -1.16. The van der Waals surface area contributed by atoms with Crippen LogP contribution in [-0.2, 0) is 38.8 Å². The lowest BCUT2D eigenvalue weighted by atomic mass is 10.0. The van der Waals surface area contributed by atoms with E-state index in [9.17, 15) is 31.2 Å². The molecule has 0 heterocycles. The monoisotopic (exact) mass is 703 g/mol. The average Bonchev–Trinajstić information content (AvgIpc) is 3.47. The van der Waals surface area contributed by atoms with Gasteiger partial charge in [-0.25, -0.2) is 8.42 Å². The van der Waals surface area contributed by atoms with E-state index in [1.54, 1.807) is 42.5 Å². The fourth-order valence-corrected chi connectivity index (χ4v) is 6.82. The van der Waals surface area contributed by atoms with Crippen LogP contribution < -0.4 is 9.62 Å². The van der Waals surface area contributed by atoms with E-state index in [2.05, 4.69) is 5.32 Å². The maximum atomic E-state index is 14.2. The molecule has 0 radical (unpaired) electrons. The fraction of sp³-hybridized carbons (Fsp3) is 0.355. The molecule has 3 aromatic carbocycles. The van der Waals surface area contributed by atoms with E-state index in [4.69, 9.17) is 34.8 Å². The Morgan fingerprint density at radius 3 is 2.22 bits per heavy atom. The van der Waals surface area contributed by atoms with E-state index in [-0.39, 0.29) is 29.1 Å². The molecule has 0 spiro atoms. The van der Waals surface area contributed by atoms with E-state index in [0.717, 1.165) is 43.6 Å². The quantitative estimate of drug-likeness (QED) is 0.230. The molecule has 1 aliphatic carbocycles. The Labute approximate surface area is 275 Å². The molecule has 4 rings (SSSR count). The van der Waals surface area contributed by atoms with Crippen LogP contribution in [0, 0.1) is 0 Å². The molecule has 1 saturated carbocycles. The summed E-state index contributed by atoms with van der Waals surface area (Å²) in [6.07, 6.45) is -0.543. The van der Waals surface area contributed by atoms with Gasteiger partial charge in [0.25, 0.3) is 0 Å². The highest BCUT2D eigenvalue weighted by Gasteiger charge is 2.36. The van der Waals surface area contributed by atoms with Crippen molar-refractivity contribution in [2.24, 2.45) is 0 Å². The highest BCUT2D eigenvalue weighted by atomic mass is 35.5. The SMILES string of the molecule is CS(=O)(=O)N(CC(=O)N(Cc1ccc(Cl)cc1Cl)[C@H](Cc1ccccc1)C(=O)NC1CCCC1)c1cc(C(F)(F)F)ccc1Cl. The summed E-state index contributed by atoms with van der Waals surface area (Å²) in [4.78, 5) is 29.3. The van der Waals surface area contributed by atoms with Crippen molar-refractivity contribution in [1.82, 2.24) is 10.2 Å². The van der Waals surface area contributed by atoms with E-state index >= 15 is 0 Å². The van der Waals surface area contributed by atoms with Gasteiger partial charge in [-0.15, -0.1) is 0 Å². The van der Waals surface area contributed by atoms with Crippen LogP contribution in [0.3, 0.4) is 0 Å². The molecular formula is C31H31Cl3F3N3O4S. The first-order valence-corrected chi connectivity index (χ1v) is 17.0. The van der Waals surface area contributed by atoms with Crippen LogP contribution in [0.5, 0.6) is 0 Å². The number of carbonyl (C=O) groups excluding carboxylic acids is 2. The lowest BCUT2D eigenvalue weighted by Gasteiger charge is -2.34. The molecule has 0 aromatic heterocycles. The van der Waals surface area contributed by atoms with Crippen molar-refractivity contribution >= 4 is 62.3 Å². The van der Waals surface area contributed by atoms with Crippen LogP contribution in [0.15, 0.2) is 66.7 Å². The number of alkyl halides is 3. The summed E-state index contributed by atoms with van der Waals surface area (Å²) in [6, 6.07) is 14.5. The van der Waals surface area contributed by atoms with E-state index in [1.165, 1.54) is 11.0 Å². The van der Waals surface area contributed by atoms with Crippen LogP contribution >= 0.6 is 34.8 Å². The Morgan fingerprint density at radius 1 is 0.956 bits per heavy atom. The first-order chi connectivity index (χ1) is 21.1. The van der Waals surface area contributed by atoms with Crippen LogP contribution in [0.2, 0.25) is 15.1 Å². The number of carbonyl (C=O) groups is 2. The van der Waals surface area contributed by atoms with Gasteiger partial charge in [-0.05, 0) is 54.3 Å². The van der Waals surface area contributed by atoms with Gasteiger partial charge < -0.3 is 10.2 Å². The van der Waals surface area contributed by atoms with Crippen LogP contribution in [0.4, 0.5) is 18.9 Å². The van der Waals surface area contributed by atoms with E-state index in [1.807, 2.05) is 0 Å². The van der Waals surface area contributed by atoms with Gasteiger partial charge in [0.1, 0.15) is 12.6 Å². The second-order valence-corrected chi connectivity index (χ2v) is 14.0. The third kappa shape index (κ3) is 9.28. The molecule has 0 unspecified atom stereocenters. The Morgan fingerprint density at radius 2 is 1.62 bits per heavy atom. The predicted molar refractivity (Wildman–Crippen MR) is 170 cm³/mol. The highest BCUT2D eigenvalue weighted by molar-refractivity contribution is 7.92. The molecule has 242 valence electrons. The number of amides is 2. The molecule has 1 aliphatic rings. The van der Waals surface area contributed by atoms with Gasteiger partial charge in [-0.2, -0.15) is 13.2 Å². The summed E-state index contributed by atoms with van der Waals surface area (Å²) in [7, 11) is -4.35. The number of nitrogens with zero attached hydrogens (tertiary/aromatic N) is 2. The Balaban J connectivity index is 1.79. The number of halogens is 6. The number of anilines is 1. The normalized spacial score (nSPS) is 14.6. The van der Waals surface area contributed by atoms with Crippen molar-refractivity contribution < 1.29 is 31.2 Å².